The number of fused-ring (bicyclic) bond motifs is 1. The van der Waals surface area contributed by atoms with Crippen molar-refractivity contribution in [2.75, 3.05) is 6.54 Å². The summed E-state index contributed by atoms with van der Waals surface area (Å²) in [5.41, 5.74) is 3.43. The summed E-state index contributed by atoms with van der Waals surface area (Å²) < 4.78 is 1.77. The molecule has 0 saturated heterocycles. The van der Waals surface area contributed by atoms with Gasteiger partial charge in [-0.1, -0.05) is 54.1 Å². The number of amides is 1. The molecule has 0 fully saturated rings. The van der Waals surface area contributed by atoms with Gasteiger partial charge in [0, 0.05) is 17.1 Å². The van der Waals surface area contributed by atoms with Gasteiger partial charge < -0.3 is 5.32 Å². The largest absolute Gasteiger partial charge is 0.347 e. The van der Waals surface area contributed by atoms with Crippen LogP contribution in [0.5, 0.6) is 0 Å². The zero-order valence-corrected chi connectivity index (χ0v) is 14.2. The van der Waals surface area contributed by atoms with Crippen LogP contribution in [0.4, 0.5) is 0 Å². The fourth-order valence-electron chi connectivity index (χ4n) is 2.92. The predicted molar refractivity (Wildman–Crippen MR) is 97.3 cm³/mol. The molecule has 0 bridgehead atoms. The molecule has 1 amide bonds. The molecule has 0 radical (unpaired) electrons. The highest BCUT2D eigenvalue weighted by molar-refractivity contribution is 6.30. The molecule has 5 nitrogen and oxygen atoms in total. The lowest BCUT2D eigenvalue weighted by Crippen LogP contribution is -2.45. The van der Waals surface area contributed by atoms with Gasteiger partial charge in [0.15, 0.2) is 0 Å². The molecular weight excluding hydrogens is 336 g/mol. The van der Waals surface area contributed by atoms with Crippen LogP contribution in [-0.2, 0) is 6.54 Å². The number of aromatic nitrogens is 2. The van der Waals surface area contributed by atoms with Crippen molar-refractivity contribution < 1.29 is 4.79 Å². The fourth-order valence-corrected chi connectivity index (χ4v) is 3.05. The Morgan fingerprint density at radius 3 is 2.68 bits per heavy atom. The maximum atomic E-state index is 12.2. The predicted octanol–water partition coefficient (Wildman–Crippen LogP) is 3.24. The Hall–Kier alpha value is -2.63. The molecule has 0 saturated carbocycles. The minimum absolute atomic E-state index is 0.0889. The van der Waals surface area contributed by atoms with E-state index in [0.29, 0.717) is 23.8 Å². The van der Waals surface area contributed by atoms with Gasteiger partial charge in [-0.2, -0.15) is 5.10 Å². The molecule has 3 aromatic rings. The van der Waals surface area contributed by atoms with Crippen molar-refractivity contribution in [3.8, 4) is 11.3 Å². The number of hydrogen-bond donors (Lipinski definition) is 2. The van der Waals surface area contributed by atoms with E-state index in [0.717, 1.165) is 11.3 Å². The molecule has 2 N–H and O–H groups in total. The van der Waals surface area contributed by atoms with Gasteiger partial charge in [0.25, 0.3) is 5.91 Å². The van der Waals surface area contributed by atoms with Gasteiger partial charge in [0.2, 0.25) is 0 Å². The van der Waals surface area contributed by atoms with Crippen LogP contribution in [0, 0.1) is 0 Å². The average molecular weight is 353 g/mol. The Morgan fingerprint density at radius 2 is 1.92 bits per heavy atom. The second kappa shape index (κ2) is 6.70. The third-order valence-corrected chi connectivity index (χ3v) is 4.50. The van der Waals surface area contributed by atoms with Crippen LogP contribution >= 0.6 is 11.6 Å². The summed E-state index contributed by atoms with van der Waals surface area (Å²) in [7, 11) is 0. The highest BCUT2D eigenvalue weighted by atomic mass is 35.5. The van der Waals surface area contributed by atoms with Gasteiger partial charge in [-0.3, -0.25) is 10.1 Å². The van der Waals surface area contributed by atoms with Crippen LogP contribution in [0.2, 0.25) is 5.02 Å². The molecule has 2 aromatic carbocycles. The summed E-state index contributed by atoms with van der Waals surface area (Å²) >= 11 is 5.95. The first-order valence-electron chi connectivity index (χ1n) is 8.12. The maximum Gasteiger partial charge on any atom is 0.269 e. The number of halogens is 1. The molecule has 1 aliphatic heterocycles. The van der Waals surface area contributed by atoms with E-state index in [-0.39, 0.29) is 12.1 Å². The first kappa shape index (κ1) is 15.9. The minimum atomic E-state index is -0.106. The van der Waals surface area contributed by atoms with Crippen molar-refractivity contribution in [1.29, 1.82) is 0 Å². The van der Waals surface area contributed by atoms with Gasteiger partial charge in [-0.25, -0.2) is 4.68 Å². The molecule has 6 heteroatoms. The van der Waals surface area contributed by atoms with Crippen LogP contribution in [-0.4, -0.2) is 22.2 Å². The smallest absolute Gasteiger partial charge is 0.269 e. The highest BCUT2D eigenvalue weighted by Crippen LogP contribution is 2.24. The SMILES string of the molecule is O=C1NC[C@H](NCc2ccccc2)n2nc(-c3ccc(Cl)cc3)cc21. The topological polar surface area (TPSA) is 59.0 Å². The van der Waals surface area contributed by atoms with E-state index in [4.69, 9.17) is 11.6 Å². The van der Waals surface area contributed by atoms with E-state index in [9.17, 15) is 4.79 Å². The highest BCUT2D eigenvalue weighted by Gasteiger charge is 2.27. The van der Waals surface area contributed by atoms with Gasteiger partial charge in [-0.15, -0.1) is 0 Å². The number of carbonyl (C=O) groups is 1. The van der Waals surface area contributed by atoms with E-state index in [1.54, 1.807) is 4.68 Å². The average Bonchev–Trinajstić information content (AvgIpc) is 3.09. The van der Waals surface area contributed by atoms with Gasteiger partial charge in [0.05, 0.1) is 12.2 Å². The first-order chi connectivity index (χ1) is 12.2. The van der Waals surface area contributed by atoms with Crippen LogP contribution in [0.15, 0.2) is 60.7 Å². The monoisotopic (exact) mass is 352 g/mol. The molecular formula is C19H17ClN4O. The summed E-state index contributed by atoms with van der Waals surface area (Å²) in [6, 6.07) is 19.4. The quantitative estimate of drug-likeness (QED) is 0.758. The van der Waals surface area contributed by atoms with Crippen molar-refractivity contribution >= 4 is 17.5 Å². The number of nitrogens with zero attached hydrogens (tertiary/aromatic N) is 2. The van der Waals surface area contributed by atoms with E-state index in [1.165, 1.54) is 5.56 Å². The fraction of sp³-hybridized carbons (Fsp3) is 0.158. The molecule has 0 spiro atoms. The summed E-state index contributed by atoms with van der Waals surface area (Å²) in [6.07, 6.45) is -0.0889. The van der Waals surface area contributed by atoms with Crippen LogP contribution in [0.25, 0.3) is 11.3 Å². The molecule has 4 rings (SSSR count). The molecule has 126 valence electrons. The Kier molecular flexibility index (Phi) is 4.26. The number of benzene rings is 2. The van der Waals surface area contributed by atoms with Crippen molar-refractivity contribution in [3.63, 3.8) is 0 Å². The summed E-state index contributed by atoms with van der Waals surface area (Å²) in [5, 5.41) is 11.7. The van der Waals surface area contributed by atoms with Crippen molar-refractivity contribution in [2.45, 2.75) is 12.7 Å². The summed E-state index contributed by atoms with van der Waals surface area (Å²) in [6.45, 7) is 1.21. The zero-order valence-electron chi connectivity index (χ0n) is 13.4. The maximum absolute atomic E-state index is 12.2. The lowest BCUT2D eigenvalue weighted by Gasteiger charge is -2.25. The lowest BCUT2D eigenvalue weighted by atomic mass is 10.1. The van der Waals surface area contributed by atoms with E-state index in [2.05, 4.69) is 27.9 Å². The van der Waals surface area contributed by atoms with Crippen molar-refractivity contribution in [1.82, 2.24) is 20.4 Å². The molecule has 0 unspecified atom stereocenters. The Morgan fingerprint density at radius 1 is 1.16 bits per heavy atom. The molecule has 0 aliphatic carbocycles. The first-order valence-corrected chi connectivity index (χ1v) is 8.49. The second-order valence-electron chi connectivity index (χ2n) is 5.96. The minimum Gasteiger partial charge on any atom is -0.347 e. The Labute approximate surface area is 150 Å². The van der Waals surface area contributed by atoms with E-state index < -0.39 is 0 Å². The third kappa shape index (κ3) is 3.29. The standard InChI is InChI=1S/C19H17ClN4O/c20-15-8-6-14(7-9-15)16-10-17-19(25)22-12-18(24(17)23-16)21-11-13-4-2-1-3-5-13/h1-10,18,21H,11-12H2,(H,22,25)/t18-/m1/s1. The lowest BCUT2D eigenvalue weighted by molar-refractivity contribution is 0.0900. The zero-order chi connectivity index (χ0) is 17.2. The van der Waals surface area contributed by atoms with Crippen LogP contribution in [0.1, 0.15) is 22.2 Å². The van der Waals surface area contributed by atoms with Crippen molar-refractivity contribution in [3.05, 3.63) is 76.9 Å². The van der Waals surface area contributed by atoms with E-state index in [1.807, 2.05) is 48.5 Å². The number of carbonyl (C=O) groups excluding carboxylic acids is 1. The molecule has 1 aliphatic rings. The molecule has 25 heavy (non-hydrogen) atoms. The van der Waals surface area contributed by atoms with Crippen LogP contribution in [0.3, 0.4) is 0 Å². The Balaban J connectivity index is 1.60. The number of hydrogen-bond acceptors (Lipinski definition) is 3. The molecule has 1 aromatic heterocycles. The molecule has 2 heterocycles. The normalized spacial score (nSPS) is 16.4. The van der Waals surface area contributed by atoms with E-state index >= 15 is 0 Å². The molecule has 1 atom stereocenters. The number of rotatable bonds is 4. The summed E-state index contributed by atoms with van der Waals surface area (Å²) in [5.74, 6) is -0.106. The van der Waals surface area contributed by atoms with Gasteiger partial charge in [-0.05, 0) is 23.8 Å². The second-order valence-corrected chi connectivity index (χ2v) is 6.40. The number of nitrogens with one attached hydrogen (secondary N) is 2. The summed E-state index contributed by atoms with van der Waals surface area (Å²) in [4.78, 5) is 12.2. The van der Waals surface area contributed by atoms with Gasteiger partial charge >= 0.3 is 0 Å². The van der Waals surface area contributed by atoms with Crippen molar-refractivity contribution in [2.24, 2.45) is 0 Å². The van der Waals surface area contributed by atoms with Gasteiger partial charge in [0.1, 0.15) is 11.9 Å². The Bertz CT molecular complexity index is 890. The van der Waals surface area contributed by atoms with Crippen LogP contribution < -0.4 is 10.6 Å². The third-order valence-electron chi connectivity index (χ3n) is 4.24.